The first-order valence-corrected chi connectivity index (χ1v) is 10.7. The van der Waals surface area contributed by atoms with Crippen LogP contribution in [0.1, 0.15) is 18.2 Å². The van der Waals surface area contributed by atoms with E-state index in [1.165, 1.54) is 22.1 Å². The molecule has 0 radical (unpaired) electrons. The van der Waals surface area contributed by atoms with Crippen molar-refractivity contribution in [3.63, 3.8) is 0 Å². The van der Waals surface area contributed by atoms with Crippen molar-refractivity contribution < 1.29 is 9.13 Å². The van der Waals surface area contributed by atoms with E-state index in [1.54, 1.807) is 0 Å². The molecule has 0 saturated heterocycles. The maximum absolute atomic E-state index is 2.31. The number of imidazole rings is 1. The molecular weight excluding hydrogens is 364 g/mol. The molecule has 3 aromatic rings. The predicted molar refractivity (Wildman–Crippen MR) is 118 cm³/mol. The Morgan fingerprint density at radius 1 is 1.07 bits per heavy atom. The van der Waals surface area contributed by atoms with Crippen LogP contribution in [0.15, 0.2) is 66.2 Å². The summed E-state index contributed by atoms with van der Waals surface area (Å²) in [7, 11) is 6.34. The van der Waals surface area contributed by atoms with E-state index in [9.17, 15) is 0 Å². The number of benzene rings is 1. The minimum Gasteiger partial charge on any atom is -0.374 e. The molecule has 5 heteroatoms. The third kappa shape index (κ3) is 5.04. The number of aryl methyl sites for hydroxylation is 3. The monoisotopic (exact) mass is 394 g/mol. The molecule has 4 nitrogen and oxygen atoms in total. The van der Waals surface area contributed by atoms with Crippen molar-refractivity contribution in [2.24, 2.45) is 14.1 Å². The molecule has 0 atom stereocenters. The lowest BCUT2D eigenvalue weighted by molar-refractivity contribution is -0.709. The van der Waals surface area contributed by atoms with Crippen molar-refractivity contribution in [2.75, 3.05) is 24.2 Å². The van der Waals surface area contributed by atoms with Crippen molar-refractivity contribution in [3.05, 3.63) is 72.3 Å². The van der Waals surface area contributed by atoms with Gasteiger partial charge in [0.2, 0.25) is 5.69 Å². The zero-order chi connectivity index (χ0) is 19.9. The second kappa shape index (κ2) is 9.60. The largest absolute Gasteiger partial charge is 0.374 e. The number of aromatic nitrogens is 3. The van der Waals surface area contributed by atoms with Crippen LogP contribution in [0.2, 0.25) is 0 Å². The van der Waals surface area contributed by atoms with Crippen LogP contribution in [-0.4, -0.2) is 23.9 Å². The number of anilines is 1. The van der Waals surface area contributed by atoms with Crippen molar-refractivity contribution in [2.45, 2.75) is 18.6 Å². The van der Waals surface area contributed by atoms with E-state index in [-0.39, 0.29) is 0 Å². The Balaban J connectivity index is 1.56. The lowest BCUT2D eigenvalue weighted by atomic mass is 10.1. The Hall–Kier alpha value is -2.53. The molecule has 1 aromatic carbocycles. The average Bonchev–Trinajstić information content (AvgIpc) is 3.04. The fraction of sp³-hybridized carbons (Fsp3) is 0.304. The summed E-state index contributed by atoms with van der Waals surface area (Å²) in [4.78, 5) is 2.31. The van der Waals surface area contributed by atoms with Gasteiger partial charge in [0.15, 0.2) is 6.20 Å². The second-order valence-corrected chi connectivity index (χ2v) is 7.97. The molecule has 146 valence electrons. The number of hydrogen-bond acceptors (Lipinski definition) is 2. The zero-order valence-corrected chi connectivity index (χ0v) is 18.1. The summed E-state index contributed by atoms with van der Waals surface area (Å²) in [6, 6.07) is 15.1. The van der Waals surface area contributed by atoms with Crippen LogP contribution < -0.4 is 14.0 Å². The fourth-order valence-corrected chi connectivity index (χ4v) is 4.21. The summed E-state index contributed by atoms with van der Waals surface area (Å²) in [5, 5.41) is 1.28. The van der Waals surface area contributed by atoms with Crippen molar-refractivity contribution in [1.82, 2.24) is 4.57 Å². The van der Waals surface area contributed by atoms with Crippen molar-refractivity contribution in [1.29, 1.82) is 0 Å². The molecule has 0 N–H and O–H groups in total. The van der Waals surface area contributed by atoms with Gasteiger partial charge in [0, 0.05) is 43.2 Å². The van der Waals surface area contributed by atoms with Crippen LogP contribution in [0.5, 0.6) is 0 Å². The number of thioether (sulfide) groups is 1. The SMILES string of the molecule is CC[n+]1ccccc1/C=C/c1ccc(N(C)CCSc2n(C)cc[n+]2C)cc1. The normalized spacial score (nSPS) is 11.3. The van der Waals surface area contributed by atoms with E-state index in [0.29, 0.717) is 0 Å². The Labute approximate surface area is 172 Å². The summed E-state index contributed by atoms with van der Waals surface area (Å²) in [5.41, 5.74) is 3.68. The predicted octanol–water partition coefficient (Wildman–Crippen LogP) is 3.56. The molecule has 0 amide bonds. The molecule has 0 fully saturated rings. The molecule has 0 bridgehead atoms. The van der Waals surface area contributed by atoms with Crippen LogP contribution in [0.25, 0.3) is 12.2 Å². The van der Waals surface area contributed by atoms with E-state index < -0.39 is 0 Å². The van der Waals surface area contributed by atoms with E-state index in [1.807, 2.05) is 11.8 Å². The molecule has 3 rings (SSSR count). The van der Waals surface area contributed by atoms with Gasteiger partial charge >= 0.3 is 5.16 Å². The van der Waals surface area contributed by atoms with Gasteiger partial charge in [-0.1, -0.05) is 12.1 Å². The third-order valence-corrected chi connectivity index (χ3v) is 6.09. The minimum absolute atomic E-state index is 0.975. The first kappa shape index (κ1) is 20.2. The van der Waals surface area contributed by atoms with Gasteiger partial charge in [0.1, 0.15) is 18.9 Å². The quantitative estimate of drug-likeness (QED) is 0.429. The average molecular weight is 395 g/mol. The van der Waals surface area contributed by atoms with Crippen molar-refractivity contribution in [3.8, 4) is 0 Å². The summed E-state index contributed by atoms with van der Waals surface area (Å²) in [6.45, 7) is 4.15. The molecule has 0 aliphatic heterocycles. The Morgan fingerprint density at radius 2 is 1.86 bits per heavy atom. The van der Waals surface area contributed by atoms with Gasteiger partial charge in [-0.25, -0.2) is 9.13 Å². The van der Waals surface area contributed by atoms with Gasteiger partial charge in [0.05, 0.1) is 14.1 Å². The minimum atomic E-state index is 0.975. The highest BCUT2D eigenvalue weighted by molar-refractivity contribution is 7.99. The highest BCUT2D eigenvalue weighted by Gasteiger charge is 2.12. The highest BCUT2D eigenvalue weighted by Crippen LogP contribution is 2.18. The van der Waals surface area contributed by atoms with E-state index in [2.05, 4.69) is 120 Å². The number of pyridine rings is 1. The number of nitrogens with zero attached hydrogens (tertiary/aromatic N) is 4. The Morgan fingerprint density at radius 3 is 2.54 bits per heavy atom. The highest BCUT2D eigenvalue weighted by atomic mass is 32.2. The maximum atomic E-state index is 2.31. The van der Waals surface area contributed by atoms with Crippen LogP contribution in [0.3, 0.4) is 0 Å². The van der Waals surface area contributed by atoms with Crippen LogP contribution >= 0.6 is 11.8 Å². The second-order valence-electron chi connectivity index (χ2n) is 6.91. The molecule has 0 spiro atoms. The molecule has 0 aliphatic carbocycles. The van der Waals surface area contributed by atoms with Gasteiger partial charge in [0.25, 0.3) is 0 Å². The van der Waals surface area contributed by atoms with E-state index in [4.69, 9.17) is 0 Å². The zero-order valence-electron chi connectivity index (χ0n) is 17.2. The Bertz CT molecular complexity index is 909. The molecule has 0 saturated carbocycles. The molecule has 0 aliphatic rings. The van der Waals surface area contributed by atoms with Crippen LogP contribution in [0.4, 0.5) is 5.69 Å². The first-order valence-electron chi connectivity index (χ1n) is 9.70. The van der Waals surface area contributed by atoms with Gasteiger partial charge in [-0.15, -0.1) is 0 Å². The Kier molecular flexibility index (Phi) is 6.93. The van der Waals surface area contributed by atoms with Gasteiger partial charge in [-0.05, 0) is 48.5 Å². The van der Waals surface area contributed by atoms with E-state index in [0.717, 1.165) is 18.8 Å². The summed E-state index contributed by atoms with van der Waals surface area (Å²) in [5.74, 6) is 1.05. The topological polar surface area (TPSA) is 15.9 Å². The maximum Gasteiger partial charge on any atom is 0.317 e. The van der Waals surface area contributed by atoms with Crippen LogP contribution in [-0.2, 0) is 20.6 Å². The fourth-order valence-electron chi connectivity index (χ4n) is 3.13. The summed E-state index contributed by atoms with van der Waals surface area (Å²) in [6.07, 6.45) is 10.7. The smallest absolute Gasteiger partial charge is 0.317 e. The molecular formula is C23H30N4S+2. The van der Waals surface area contributed by atoms with Crippen molar-refractivity contribution >= 4 is 29.6 Å². The van der Waals surface area contributed by atoms with Gasteiger partial charge < -0.3 is 4.90 Å². The standard InChI is InChI=1S/C23H30N4S/c1-5-27-15-7-6-8-22(27)14-11-20-9-12-21(13-10-20)24(2)18-19-28-23-25(3)16-17-26(23)4/h6-17H,5,18-19H2,1-4H3/q+2. The summed E-state index contributed by atoms with van der Waals surface area (Å²) < 4.78 is 6.57. The molecule has 2 aromatic heterocycles. The lowest BCUT2D eigenvalue weighted by Crippen LogP contribution is -2.34. The summed E-state index contributed by atoms with van der Waals surface area (Å²) >= 11 is 1.89. The van der Waals surface area contributed by atoms with Gasteiger partial charge in [-0.2, -0.15) is 4.57 Å². The number of rotatable bonds is 8. The molecule has 0 unspecified atom stereocenters. The first-order chi connectivity index (χ1) is 13.6. The van der Waals surface area contributed by atoms with Crippen LogP contribution in [0, 0.1) is 0 Å². The molecule has 28 heavy (non-hydrogen) atoms. The molecule has 2 heterocycles. The third-order valence-electron chi connectivity index (χ3n) is 4.87. The van der Waals surface area contributed by atoms with E-state index >= 15 is 0 Å². The number of hydrogen-bond donors (Lipinski definition) is 0. The lowest BCUT2D eigenvalue weighted by Gasteiger charge is -2.18. The van der Waals surface area contributed by atoms with Gasteiger partial charge in [-0.3, -0.25) is 0 Å².